The fraction of sp³-hybridized carbons (Fsp3) is 0.500. The number of benzene rings is 1. The van der Waals surface area contributed by atoms with E-state index in [1.807, 2.05) is 12.1 Å². The Bertz CT molecular complexity index is 403. The van der Waals surface area contributed by atoms with Crippen molar-refractivity contribution in [3.63, 3.8) is 0 Å². The van der Waals surface area contributed by atoms with Gasteiger partial charge in [0.25, 0.3) is 0 Å². The normalized spacial score (nSPS) is 27.5. The van der Waals surface area contributed by atoms with Gasteiger partial charge in [-0.15, -0.1) is 0 Å². The van der Waals surface area contributed by atoms with E-state index in [0.29, 0.717) is 0 Å². The molecule has 1 aromatic rings. The second-order valence-corrected chi connectivity index (χ2v) is 5.74. The lowest BCUT2D eigenvalue weighted by Gasteiger charge is -2.16. The monoisotopic (exact) mass is 269 g/mol. The van der Waals surface area contributed by atoms with Crippen LogP contribution in [0.5, 0.6) is 5.75 Å². The molecule has 0 radical (unpaired) electrons. The second kappa shape index (κ2) is 3.22. The van der Waals surface area contributed by atoms with E-state index in [0.717, 1.165) is 22.2 Å². The van der Waals surface area contributed by atoms with Gasteiger partial charge in [-0.3, -0.25) is 0 Å². The minimum Gasteiger partial charge on any atom is -0.496 e. The van der Waals surface area contributed by atoms with Gasteiger partial charge in [-0.05, 0) is 45.5 Å². The van der Waals surface area contributed by atoms with Crippen LogP contribution < -0.4 is 10.5 Å². The van der Waals surface area contributed by atoms with E-state index in [4.69, 9.17) is 10.5 Å². The average molecular weight is 270 g/mol. The molecule has 1 saturated carbocycles. The van der Waals surface area contributed by atoms with Crippen LogP contribution in [-0.4, -0.2) is 7.11 Å². The van der Waals surface area contributed by atoms with Crippen molar-refractivity contribution in [2.75, 3.05) is 7.11 Å². The SMILES string of the molecule is COc1cc(C2(N)CC2(C)C)ccc1Br. The van der Waals surface area contributed by atoms with Crippen LogP contribution in [0.4, 0.5) is 0 Å². The zero-order chi connectivity index (χ0) is 11.3. The first-order chi connectivity index (χ1) is 6.90. The molecule has 3 heteroatoms. The van der Waals surface area contributed by atoms with Gasteiger partial charge in [0.2, 0.25) is 0 Å². The van der Waals surface area contributed by atoms with Crippen LogP contribution >= 0.6 is 15.9 Å². The molecule has 0 amide bonds. The van der Waals surface area contributed by atoms with E-state index in [2.05, 4.69) is 35.8 Å². The molecule has 0 saturated heterocycles. The fourth-order valence-electron chi connectivity index (χ4n) is 2.08. The van der Waals surface area contributed by atoms with Crippen molar-refractivity contribution in [1.82, 2.24) is 0 Å². The van der Waals surface area contributed by atoms with Crippen LogP contribution in [0, 0.1) is 5.41 Å². The molecule has 1 atom stereocenters. The maximum absolute atomic E-state index is 6.35. The van der Waals surface area contributed by atoms with E-state index >= 15 is 0 Å². The van der Waals surface area contributed by atoms with Crippen molar-refractivity contribution in [3.05, 3.63) is 28.2 Å². The van der Waals surface area contributed by atoms with Gasteiger partial charge < -0.3 is 10.5 Å². The molecule has 0 bridgehead atoms. The Morgan fingerprint density at radius 2 is 2.00 bits per heavy atom. The third-order valence-electron chi connectivity index (χ3n) is 3.47. The van der Waals surface area contributed by atoms with Crippen molar-refractivity contribution in [3.8, 4) is 5.75 Å². The topological polar surface area (TPSA) is 35.2 Å². The summed E-state index contributed by atoms with van der Waals surface area (Å²) < 4.78 is 6.24. The highest BCUT2D eigenvalue weighted by Gasteiger charge is 2.59. The summed E-state index contributed by atoms with van der Waals surface area (Å²) in [7, 11) is 1.67. The van der Waals surface area contributed by atoms with Gasteiger partial charge in [0.1, 0.15) is 5.75 Å². The lowest BCUT2D eigenvalue weighted by atomic mass is 9.97. The van der Waals surface area contributed by atoms with Crippen molar-refractivity contribution in [2.24, 2.45) is 11.1 Å². The molecule has 0 heterocycles. The largest absolute Gasteiger partial charge is 0.496 e. The van der Waals surface area contributed by atoms with Gasteiger partial charge in [-0.2, -0.15) is 0 Å². The third-order valence-corrected chi connectivity index (χ3v) is 4.12. The van der Waals surface area contributed by atoms with Gasteiger partial charge in [-0.1, -0.05) is 19.9 Å². The van der Waals surface area contributed by atoms with Crippen LogP contribution in [-0.2, 0) is 5.54 Å². The van der Waals surface area contributed by atoms with E-state index in [-0.39, 0.29) is 11.0 Å². The summed E-state index contributed by atoms with van der Waals surface area (Å²) in [5.41, 5.74) is 7.53. The number of halogens is 1. The van der Waals surface area contributed by atoms with E-state index in [9.17, 15) is 0 Å². The standard InChI is InChI=1S/C12H16BrNO/c1-11(2)7-12(11,14)8-4-5-9(13)10(6-8)15-3/h4-6H,7,14H2,1-3H3. The minimum atomic E-state index is -0.180. The Balaban J connectivity index is 2.40. The molecule has 1 aliphatic rings. The van der Waals surface area contributed by atoms with Crippen LogP contribution in [0.15, 0.2) is 22.7 Å². The Morgan fingerprint density at radius 1 is 1.40 bits per heavy atom. The average Bonchev–Trinajstić information content (AvgIpc) is 2.68. The maximum atomic E-state index is 6.35. The molecule has 1 aliphatic carbocycles. The molecule has 1 unspecified atom stereocenters. The number of nitrogens with two attached hydrogens (primary N) is 1. The van der Waals surface area contributed by atoms with E-state index in [1.165, 1.54) is 0 Å². The Kier molecular flexibility index (Phi) is 2.36. The van der Waals surface area contributed by atoms with Crippen molar-refractivity contribution < 1.29 is 4.74 Å². The summed E-state index contributed by atoms with van der Waals surface area (Å²) in [6.45, 7) is 4.39. The van der Waals surface area contributed by atoms with Crippen LogP contribution in [0.1, 0.15) is 25.8 Å². The summed E-state index contributed by atoms with van der Waals surface area (Å²) in [6, 6.07) is 6.09. The van der Waals surface area contributed by atoms with Gasteiger partial charge >= 0.3 is 0 Å². The highest BCUT2D eigenvalue weighted by molar-refractivity contribution is 9.10. The molecule has 0 aromatic heterocycles. The molecule has 82 valence electrons. The zero-order valence-corrected chi connectivity index (χ0v) is 10.9. The summed E-state index contributed by atoms with van der Waals surface area (Å²) in [5, 5.41) is 0. The molecule has 2 rings (SSSR count). The van der Waals surface area contributed by atoms with Gasteiger partial charge in [-0.25, -0.2) is 0 Å². The third kappa shape index (κ3) is 1.58. The lowest BCUT2D eigenvalue weighted by Crippen LogP contribution is -2.25. The highest BCUT2D eigenvalue weighted by Crippen LogP contribution is 2.60. The molecular formula is C12H16BrNO. The van der Waals surface area contributed by atoms with E-state index in [1.54, 1.807) is 7.11 Å². The molecular weight excluding hydrogens is 254 g/mol. The van der Waals surface area contributed by atoms with Gasteiger partial charge in [0.15, 0.2) is 0 Å². The molecule has 2 nitrogen and oxygen atoms in total. The predicted molar refractivity (Wildman–Crippen MR) is 65.0 cm³/mol. The Labute approximate surface area is 98.9 Å². The molecule has 0 aliphatic heterocycles. The van der Waals surface area contributed by atoms with Crippen molar-refractivity contribution in [2.45, 2.75) is 25.8 Å². The smallest absolute Gasteiger partial charge is 0.133 e. The van der Waals surface area contributed by atoms with Gasteiger partial charge in [0.05, 0.1) is 11.6 Å². The maximum Gasteiger partial charge on any atom is 0.133 e. The number of hydrogen-bond donors (Lipinski definition) is 1. The molecule has 1 aromatic carbocycles. The number of methoxy groups -OCH3 is 1. The van der Waals surface area contributed by atoms with E-state index < -0.39 is 0 Å². The first-order valence-corrected chi connectivity index (χ1v) is 5.83. The minimum absolute atomic E-state index is 0.180. The summed E-state index contributed by atoms with van der Waals surface area (Å²) in [6.07, 6.45) is 1.03. The Hall–Kier alpha value is -0.540. The second-order valence-electron chi connectivity index (χ2n) is 4.88. The molecule has 0 spiro atoms. The Morgan fingerprint density at radius 3 is 2.47 bits per heavy atom. The lowest BCUT2D eigenvalue weighted by molar-refractivity contribution is 0.409. The summed E-state index contributed by atoms with van der Waals surface area (Å²) in [5.74, 6) is 0.847. The fourth-order valence-corrected chi connectivity index (χ4v) is 2.49. The first-order valence-electron chi connectivity index (χ1n) is 5.04. The molecule has 1 fully saturated rings. The highest BCUT2D eigenvalue weighted by atomic mass is 79.9. The summed E-state index contributed by atoms with van der Waals surface area (Å²) in [4.78, 5) is 0. The van der Waals surface area contributed by atoms with Crippen molar-refractivity contribution >= 4 is 15.9 Å². The number of hydrogen-bond acceptors (Lipinski definition) is 2. The zero-order valence-electron chi connectivity index (χ0n) is 9.30. The molecule has 15 heavy (non-hydrogen) atoms. The molecule has 2 N–H and O–H groups in total. The van der Waals surface area contributed by atoms with Crippen molar-refractivity contribution in [1.29, 1.82) is 0 Å². The number of ether oxygens (including phenoxy) is 1. The number of rotatable bonds is 2. The summed E-state index contributed by atoms with van der Waals surface area (Å²) >= 11 is 3.44. The van der Waals surface area contributed by atoms with Crippen LogP contribution in [0.25, 0.3) is 0 Å². The quantitative estimate of drug-likeness (QED) is 0.896. The first kappa shape index (κ1) is 11.0. The predicted octanol–water partition coefficient (Wildman–Crippen LogP) is 3.04. The van der Waals surface area contributed by atoms with Crippen LogP contribution in [0.3, 0.4) is 0 Å². The van der Waals surface area contributed by atoms with Gasteiger partial charge in [0, 0.05) is 5.54 Å². The van der Waals surface area contributed by atoms with Crippen LogP contribution in [0.2, 0.25) is 0 Å².